The van der Waals surface area contributed by atoms with E-state index in [2.05, 4.69) is 22.4 Å². The SMILES string of the molecule is Cc1cccc2cc([C@H](C)Nc3c(C#N)cnc4ccccc34)nc(OC3CCN(S(C)(=O)=O)CC3)c12. The summed E-state index contributed by atoms with van der Waals surface area (Å²) in [5.74, 6) is 0.553. The predicted octanol–water partition coefficient (Wildman–Crippen LogP) is 4.94. The van der Waals surface area contributed by atoms with Gasteiger partial charge in [0.25, 0.3) is 0 Å². The Kier molecular flexibility index (Phi) is 6.71. The van der Waals surface area contributed by atoms with Crippen molar-refractivity contribution in [2.45, 2.75) is 38.8 Å². The molecule has 9 heteroatoms. The maximum absolute atomic E-state index is 11.9. The number of nitrogens with one attached hydrogen (secondary N) is 1. The van der Waals surface area contributed by atoms with Crippen LogP contribution < -0.4 is 10.1 Å². The van der Waals surface area contributed by atoms with Gasteiger partial charge in [-0.1, -0.05) is 36.4 Å². The third-order valence-electron chi connectivity index (χ3n) is 6.90. The maximum Gasteiger partial charge on any atom is 0.222 e. The minimum atomic E-state index is -3.21. The number of rotatable bonds is 6. The van der Waals surface area contributed by atoms with E-state index < -0.39 is 10.0 Å². The average Bonchev–Trinajstić information content (AvgIpc) is 2.88. The average molecular weight is 516 g/mol. The Hall–Kier alpha value is -3.74. The van der Waals surface area contributed by atoms with Crippen molar-refractivity contribution in [3.05, 3.63) is 71.5 Å². The molecule has 0 aliphatic carbocycles. The number of ether oxygens (including phenoxy) is 1. The van der Waals surface area contributed by atoms with Crippen molar-refractivity contribution in [2.24, 2.45) is 0 Å². The molecule has 1 atom stereocenters. The highest BCUT2D eigenvalue weighted by atomic mass is 32.2. The van der Waals surface area contributed by atoms with E-state index in [0.29, 0.717) is 37.4 Å². The first kappa shape index (κ1) is 24.9. The Morgan fingerprint density at radius 1 is 1.16 bits per heavy atom. The van der Waals surface area contributed by atoms with E-state index in [1.807, 2.05) is 56.3 Å². The molecule has 0 spiro atoms. The number of hydrogen-bond acceptors (Lipinski definition) is 7. The Balaban J connectivity index is 1.48. The number of anilines is 1. The molecule has 8 nitrogen and oxygen atoms in total. The van der Waals surface area contributed by atoms with Crippen LogP contribution in [0.5, 0.6) is 5.88 Å². The Morgan fingerprint density at radius 3 is 2.65 bits per heavy atom. The Bertz CT molecular complexity index is 1620. The van der Waals surface area contributed by atoms with Gasteiger partial charge in [-0.15, -0.1) is 0 Å². The minimum Gasteiger partial charge on any atom is -0.474 e. The molecule has 37 heavy (non-hydrogen) atoms. The van der Waals surface area contributed by atoms with Gasteiger partial charge in [-0.25, -0.2) is 17.7 Å². The number of pyridine rings is 2. The van der Waals surface area contributed by atoms with Crippen molar-refractivity contribution in [2.75, 3.05) is 24.7 Å². The summed E-state index contributed by atoms with van der Waals surface area (Å²) in [5.41, 5.74) is 3.85. The Labute approximate surface area is 217 Å². The second-order valence-corrected chi connectivity index (χ2v) is 11.5. The van der Waals surface area contributed by atoms with Gasteiger partial charge in [0.2, 0.25) is 15.9 Å². The smallest absolute Gasteiger partial charge is 0.222 e. The molecule has 2 aromatic carbocycles. The van der Waals surface area contributed by atoms with Gasteiger partial charge in [0.15, 0.2) is 0 Å². The van der Waals surface area contributed by atoms with Crippen molar-refractivity contribution < 1.29 is 13.2 Å². The monoisotopic (exact) mass is 515 g/mol. The molecule has 0 bridgehead atoms. The molecule has 190 valence electrons. The molecule has 1 aliphatic heterocycles. The molecular weight excluding hydrogens is 486 g/mol. The van der Waals surface area contributed by atoms with Crippen molar-refractivity contribution in [1.29, 1.82) is 5.26 Å². The van der Waals surface area contributed by atoms with Crippen molar-refractivity contribution in [1.82, 2.24) is 14.3 Å². The summed E-state index contributed by atoms with van der Waals surface area (Å²) in [6, 6.07) is 17.9. The van der Waals surface area contributed by atoms with Crippen LogP contribution in [0.3, 0.4) is 0 Å². The molecule has 0 unspecified atom stereocenters. The first-order chi connectivity index (χ1) is 17.7. The van der Waals surface area contributed by atoms with Gasteiger partial charge in [0, 0.05) is 30.1 Å². The lowest BCUT2D eigenvalue weighted by molar-refractivity contribution is 0.131. The topological polar surface area (TPSA) is 108 Å². The van der Waals surface area contributed by atoms with Gasteiger partial charge >= 0.3 is 0 Å². The van der Waals surface area contributed by atoms with Gasteiger partial charge in [-0.3, -0.25) is 4.98 Å². The van der Waals surface area contributed by atoms with E-state index >= 15 is 0 Å². The number of sulfonamides is 1. The largest absolute Gasteiger partial charge is 0.474 e. The van der Waals surface area contributed by atoms with E-state index in [9.17, 15) is 13.7 Å². The number of aromatic nitrogens is 2. The molecule has 0 radical (unpaired) electrons. The molecular formula is C28H29N5O3S. The number of hydrogen-bond donors (Lipinski definition) is 1. The quantitative estimate of drug-likeness (QED) is 0.387. The number of nitriles is 1. The molecule has 0 saturated carbocycles. The fourth-order valence-corrected chi connectivity index (χ4v) is 5.76. The zero-order chi connectivity index (χ0) is 26.2. The van der Waals surface area contributed by atoms with Crippen LogP contribution in [0.25, 0.3) is 21.7 Å². The van der Waals surface area contributed by atoms with Crippen LogP contribution in [0.4, 0.5) is 5.69 Å². The molecule has 1 N–H and O–H groups in total. The molecule has 3 heterocycles. The van der Waals surface area contributed by atoms with Gasteiger partial charge in [-0.05, 0) is 49.8 Å². The molecule has 1 fully saturated rings. The van der Waals surface area contributed by atoms with E-state index in [4.69, 9.17) is 9.72 Å². The fourth-order valence-electron chi connectivity index (χ4n) is 4.89. The highest BCUT2D eigenvalue weighted by Crippen LogP contribution is 2.34. The lowest BCUT2D eigenvalue weighted by Crippen LogP contribution is -2.41. The van der Waals surface area contributed by atoms with E-state index in [-0.39, 0.29) is 12.1 Å². The van der Waals surface area contributed by atoms with Crippen LogP contribution in [0.2, 0.25) is 0 Å². The van der Waals surface area contributed by atoms with Gasteiger partial charge in [-0.2, -0.15) is 5.26 Å². The standard InChI is InChI=1S/C28H29N5O3S/c1-18-7-6-8-20-15-25(19(2)31-27-21(16-29)17-30-24-10-5-4-9-23(24)27)32-28(26(18)20)36-22-11-13-33(14-12-22)37(3,34)35/h4-10,15,17,19,22H,11-14H2,1-3H3,(H,30,31)/t19-/m0/s1. The number of benzene rings is 2. The first-order valence-electron chi connectivity index (χ1n) is 12.3. The van der Waals surface area contributed by atoms with Crippen molar-refractivity contribution in [3.63, 3.8) is 0 Å². The molecule has 0 amide bonds. The third kappa shape index (κ3) is 5.08. The van der Waals surface area contributed by atoms with Crippen LogP contribution in [0, 0.1) is 18.3 Å². The van der Waals surface area contributed by atoms with Gasteiger partial charge < -0.3 is 10.1 Å². The Morgan fingerprint density at radius 2 is 1.92 bits per heavy atom. The van der Waals surface area contributed by atoms with E-state index in [1.54, 1.807) is 6.20 Å². The molecule has 4 aromatic rings. The maximum atomic E-state index is 11.9. The lowest BCUT2D eigenvalue weighted by atomic mass is 10.0. The van der Waals surface area contributed by atoms with Crippen LogP contribution in [-0.4, -0.2) is 48.1 Å². The summed E-state index contributed by atoms with van der Waals surface area (Å²) in [6.07, 6.45) is 3.92. The summed E-state index contributed by atoms with van der Waals surface area (Å²) in [4.78, 5) is 9.34. The molecule has 1 saturated heterocycles. The summed E-state index contributed by atoms with van der Waals surface area (Å²) < 4.78 is 31.8. The number of piperidine rings is 1. The first-order valence-corrected chi connectivity index (χ1v) is 14.2. The summed E-state index contributed by atoms with van der Waals surface area (Å²) in [5, 5.41) is 16.1. The zero-order valence-electron chi connectivity index (χ0n) is 21.1. The summed E-state index contributed by atoms with van der Waals surface area (Å²) in [7, 11) is -3.21. The molecule has 2 aromatic heterocycles. The number of para-hydroxylation sites is 1. The zero-order valence-corrected chi connectivity index (χ0v) is 21.9. The third-order valence-corrected chi connectivity index (χ3v) is 8.20. The highest BCUT2D eigenvalue weighted by Gasteiger charge is 2.27. The molecule has 1 aliphatic rings. The van der Waals surface area contributed by atoms with Gasteiger partial charge in [0.1, 0.15) is 12.2 Å². The number of nitrogens with zero attached hydrogens (tertiary/aromatic N) is 4. The van der Waals surface area contributed by atoms with Crippen LogP contribution in [-0.2, 0) is 10.0 Å². The van der Waals surface area contributed by atoms with Gasteiger partial charge in [0.05, 0.1) is 34.8 Å². The summed E-state index contributed by atoms with van der Waals surface area (Å²) in [6.45, 7) is 4.91. The molecule has 5 rings (SSSR count). The van der Waals surface area contributed by atoms with E-state index in [1.165, 1.54) is 10.6 Å². The van der Waals surface area contributed by atoms with Crippen LogP contribution >= 0.6 is 0 Å². The van der Waals surface area contributed by atoms with Crippen LogP contribution in [0.15, 0.2) is 54.7 Å². The second kappa shape index (κ2) is 9.96. The predicted molar refractivity (Wildman–Crippen MR) is 145 cm³/mol. The van der Waals surface area contributed by atoms with E-state index in [0.717, 1.165) is 38.6 Å². The lowest BCUT2D eigenvalue weighted by Gasteiger charge is -2.30. The second-order valence-electron chi connectivity index (χ2n) is 9.55. The highest BCUT2D eigenvalue weighted by molar-refractivity contribution is 7.88. The fraction of sp³-hybridized carbons (Fsp3) is 0.321. The number of fused-ring (bicyclic) bond motifs is 2. The van der Waals surface area contributed by atoms with Crippen LogP contribution in [0.1, 0.15) is 42.6 Å². The number of aryl methyl sites for hydroxylation is 1. The van der Waals surface area contributed by atoms with Crippen molar-refractivity contribution in [3.8, 4) is 11.9 Å². The summed E-state index contributed by atoms with van der Waals surface area (Å²) >= 11 is 0. The van der Waals surface area contributed by atoms with Crippen molar-refractivity contribution >= 4 is 37.4 Å². The minimum absolute atomic E-state index is 0.124. The normalized spacial score (nSPS) is 15.9.